The van der Waals surface area contributed by atoms with Gasteiger partial charge in [0.05, 0.1) is 5.52 Å². The van der Waals surface area contributed by atoms with Gasteiger partial charge in [0.25, 0.3) is 0 Å². The highest BCUT2D eigenvalue weighted by molar-refractivity contribution is 5.92. The molecule has 1 N–H and O–H groups in total. The zero-order valence-corrected chi connectivity index (χ0v) is 11.9. The molecule has 4 rings (SSSR count). The third-order valence-corrected chi connectivity index (χ3v) is 4.96. The number of para-hydroxylation sites is 1. The quantitative estimate of drug-likeness (QED) is 0.848. The van der Waals surface area contributed by atoms with Gasteiger partial charge in [-0.15, -0.1) is 0 Å². The maximum atomic E-state index is 12.3. The molecule has 3 heteroatoms. The molecule has 1 aromatic carbocycles. The van der Waals surface area contributed by atoms with Gasteiger partial charge >= 0.3 is 0 Å². The lowest BCUT2D eigenvalue weighted by molar-refractivity contribution is -0.124. The molecule has 1 aromatic heterocycles. The van der Waals surface area contributed by atoms with Crippen LogP contribution in [-0.4, -0.2) is 17.5 Å². The van der Waals surface area contributed by atoms with Gasteiger partial charge in [0.1, 0.15) is 6.04 Å². The van der Waals surface area contributed by atoms with Crippen LogP contribution >= 0.6 is 0 Å². The topological polar surface area (TPSA) is 34.0 Å². The molecule has 0 bridgehead atoms. The zero-order chi connectivity index (χ0) is 13.7. The first-order valence-electron chi connectivity index (χ1n) is 7.66. The average Bonchev–Trinajstić information content (AvgIpc) is 2.85. The van der Waals surface area contributed by atoms with Crippen LogP contribution in [0.25, 0.3) is 10.9 Å². The monoisotopic (exact) mass is 268 g/mol. The number of aryl methyl sites for hydroxylation is 2. The number of carbonyl (C=O) groups excluding carboxylic acids is 1. The maximum absolute atomic E-state index is 12.3. The lowest BCUT2D eigenvalue weighted by Gasteiger charge is -2.27. The Hall–Kier alpha value is -1.77. The lowest BCUT2D eigenvalue weighted by atomic mass is 9.95. The minimum atomic E-state index is -0.0146. The van der Waals surface area contributed by atoms with Gasteiger partial charge in [-0.3, -0.25) is 4.79 Å². The van der Waals surface area contributed by atoms with Gasteiger partial charge in [-0.1, -0.05) is 18.2 Å². The second kappa shape index (κ2) is 4.37. The molecule has 1 aliphatic carbocycles. The fourth-order valence-electron chi connectivity index (χ4n) is 4.08. The minimum Gasteiger partial charge on any atom is -0.357 e. The van der Waals surface area contributed by atoms with Crippen LogP contribution in [0, 0.1) is 0 Å². The standard InChI is InChI=1S/C17H20N2O/c1-18-17(20)15-10-9-11-5-4-7-13-12-6-2-3-8-14(12)19(15)16(11)13/h4-5,7,15H,2-3,6,8-10H2,1H3,(H,18,20)/t15-/m0/s1. The van der Waals surface area contributed by atoms with E-state index < -0.39 is 0 Å². The summed E-state index contributed by atoms with van der Waals surface area (Å²) in [5, 5.41) is 4.24. The summed E-state index contributed by atoms with van der Waals surface area (Å²) >= 11 is 0. The van der Waals surface area contributed by atoms with Crippen molar-refractivity contribution in [2.24, 2.45) is 0 Å². The Balaban J connectivity index is 2.04. The number of amides is 1. The summed E-state index contributed by atoms with van der Waals surface area (Å²) in [4.78, 5) is 12.3. The molecule has 0 radical (unpaired) electrons. The lowest BCUT2D eigenvalue weighted by Crippen LogP contribution is -2.33. The second-order valence-corrected chi connectivity index (χ2v) is 5.98. The van der Waals surface area contributed by atoms with E-state index in [0.717, 1.165) is 19.3 Å². The van der Waals surface area contributed by atoms with Crippen molar-refractivity contribution in [1.29, 1.82) is 0 Å². The van der Waals surface area contributed by atoms with Crippen molar-refractivity contribution in [1.82, 2.24) is 9.88 Å². The molecule has 20 heavy (non-hydrogen) atoms. The molecule has 1 atom stereocenters. The highest BCUT2D eigenvalue weighted by Gasteiger charge is 2.31. The molecule has 0 spiro atoms. The highest BCUT2D eigenvalue weighted by Crippen LogP contribution is 2.40. The third-order valence-electron chi connectivity index (χ3n) is 4.96. The van der Waals surface area contributed by atoms with Crippen molar-refractivity contribution in [2.75, 3.05) is 7.05 Å². The molecule has 0 fully saturated rings. The smallest absolute Gasteiger partial charge is 0.242 e. The summed E-state index contributed by atoms with van der Waals surface area (Å²) in [5.74, 6) is 0.157. The van der Waals surface area contributed by atoms with Crippen molar-refractivity contribution < 1.29 is 4.79 Å². The molecule has 3 nitrogen and oxygen atoms in total. The van der Waals surface area contributed by atoms with Crippen molar-refractivity contribution in [3.63, 3.8) is 0 Å². The first-order valence-corrected chi connectivity index (χ1v) is 7.66. The van der Waals surface area contributed by atoms with Crippen molar-refractivity contribution in [3.05, 3.63) is 35.0 Å². The zero-order valence-electron chi connectivity index (χ0n) is 11.9. The van der Waals surface area contributed by atoms with Gasteiger partial charge in [-0.25, -0.2) is 0 Å². The molecule has 2 aromatic rings. The summed E-state index contributed by atoms with van der Waals surface area (Å²) in [6.45, 7) is 0. The Kier molecular flexibility index (Phi) is 2.62. The summed E-state index contributed by atoms with van der Waals surface area (Å²) in [6.07, 6.45) is 6.75. The largest absolute Gasteiger partial charge is 0.357 e. The Labute approximate surface area is 119 Å². The van der Waals surface area contributed by atoms with Crippen LogP contribution in [0.3, 0.4) is 0 Å². The SMILES string of the molecule is CNC(=O)[C@@H]1CCc2cccc3c4c(n1c23)CCCC4. The first-order chi connectivity index (χ1) is 9.81. The fraction of sp³-hybridized carbons (Fsp3) is 0.471. The van der Waals surface area contributed by atoms with Gasteiger partial charge < -0.3 is 9.88 Å². The molecule has 0 saturated carbocycles. The summed E-state index contributed by atoms with van der Waals surface area (Å²) in [6, 6.07) is 6.63. The van der Waals surface area contributed by atoms with Crippen LogP contribution in [0.15, 0.2) is 18.2 Å². The Bertz CT molecular complexity index is 699. The van der Waals surface area contributed by atoms with Crippen molar-refractivity contribution in [2.45, 2.75) is 44.6 Å². The molecule has 2 aliphatic rings. The maximum Gasteiger partial charge on any atom is 0.242 e. The molecule has 1 aliphatic heterocycles. The van der Waals surface area contributed by atoms with Crippen LogP contribution in [0.4, 0.5) is 0 Å². The molecule has 0 unspecified atom stereocenters. The molecule has 104 valence electrons. The summed E-state index contributed by atoms with van der Waals surface area (Å²) in [7, 11) is 1.75. The van der Waals surface area contributed by atoms with Gasteiger partial charge in [-0.2, -0.15) is 0 Å². The number of fused-ring (bicyclic) bond motifs is 3. The van der Waals surface area contributed by atoms with Gasteiger partial charge in [0.2, 0.25) is 5.91 Å². The van der Waals surface area contributed by atoms with E-state index in [1.165, 1.54) is 47.0 Å². The fourth-order valence-corrected chi connectivity index (χ4v) is 4.08. The van der Waals surface area contributed by atoms with Crippen LogP contribution in [0.1, 0.15) is 42.1 Å². The van der Waals surface area contributed by atoms with Crippen LogP contribution in [0.5, 0.6) is 0 Å². The van der Waals surface area contributed by atoms with E-state index in [1.54, 1.807) is 7.05 Å². The van der Waals surface area contributed by atoms with E-state index in [1.807, 2.05) is 0 Å². The number of benzene rings is 1. The number of hydrogen-bond acceptors (Lipinski definition) is 1. The number of hydrogen-bond donors (Lipinski definition) is 1. The molecule has 1 amide bonds. The number of nitrogens with zero attached hydrogens (tertiary/aromatic N) is 1. The van der Waals surface area contributed by atoms with E-state index >= 15 is 0 Å². The highest BCUT2D eigenvalue weighted by atomic mass is 16.2. The van der Waals surface area contributed by atoms with Crippen LogP contribution < -0.4 is 5.32 Å². The van der Waals surface area contributed by atoms with Gasteiger partial charge in [-0.05, 0) is 49.7 Å². The predicted octanol–water partition coefficient (Wildman–Crippen LogP) is 2.75. The first kappa shape index (κ1) is 12.0. The molecular weight excluding hydrogens is 248 g/mol. The minimum absolute atomic E-state index is 0.0146. The Morgan fingerprint density at radius 2 is 2.10 bits per heavy atom. The van der Waals surface area contributed by atoms with Crippen LogP contribution in [-0.2, 0) is 24.1 Å². The number of aromatic nitrogens is 1. The number of carbonyl (C=O) groups is 1. The van der Waals surface area contributed by atoms with E-state index in [9.17, 15) is 4.79 Å². The number of likely N-dealkylation sites (N-methyl/N-ethyl adjacent to an activating group) is 1. The number of rotatable bonds is 1. The Morgan fingerprint density at radius 3 is 2.95 bits per heavy atom. The van der Waals surface area contributed by atoms with Crippen molar-refractivity contribution in [3.8, 4) is 0 Å². The second-order valence-electron chi connectivity index (χ2n) is 5.98. The third kappa shape index (κ3) is 1.49. The van der Waals surface area contributed by atoms with Gasteiger partial charge in [0, 0.05) is 18.1 Å². The van der Waals surface area contributed by atoms with E-state index in [4.69, 9.17) is 0 Å². The van der Waals surface area contributed by atoms with E-state index in [2.05, 4.69) is 28.1 Å². The normalized spacial score (nSPS) is 20.8. The van der Waals surface area contributed by atoms with Crippen molar-refractivity contribution >= 4 is 16.8 Å². The summed E-state index contributed by atoms with van der Waals surface area (Å²) in [5.41, 5.74) is 5.67. The molecule has 2 heterocycles. The molecular formula is C17H20N2O. The predicted molar refractivity (Wildman–Crippen MR) is 80.0 cm³/mol. The Morgan fingerprint density at radius 1 is 1.25 bits per heavy atom. The van der Waals surface area contributed by atoms with Crippen LogP contribution in [0.2, 0.25) is 0 Å². The molecule has 0 saturated heterocycles. The number of nitrogens with one attached hydrogen (secondary N) is 1. The van der Waals surface area contributed by atoms with E-state index in [-0.39, 0.29) is 11.9 Å². The van der Waals surface area contributed by atoms with Gasteiger partial charge in [0.15, 0.2) is 0 Å². The summed E-state index contributed by atoms with van der Waals surface area (Å²) < 4.78 is 2.36. The average molecular weight is 268 g/mol. The van der Waals surface area contributed by atoms with E-state index in [0.29, 0.717) is 0 Å².